The summed E-state index contributed by atoms with van der Waals surface area (Å²) < 4.78 is 8.86. The van der Waals surface area contributed by atoms with Gasteiger partial charge in [-0.15, -0.1) is 0 Å². The average molecular weight is 810 g/mol. The van der Waals surface area contributed by atoms with Crippen LogP contribution in [0.4, 0.5) is 0 Å². The lowest BCUT2D eigenvalue weighted by Crippen LogP contribution is -2.15. The fraction of sp³-hybridized carbons (Fsp3) is 0.115. The van der Waals surface area contributed by atoms with E-state index in [-0.39, 0.29) is 5.41 Å². The largest absolute Gasteiger partial charge is 0.455 e. The fourth-order valence-corrected chi connectivity index (χ4v) is 10.7. The van der Waals surface area contributed by atoms with Crippen LogP contribution >= 0.6 is 0 Å². The molecule has 0 saturated carbocycles. The summed E-state index contributed by atoms with van der Waals surface area (Å²) in [6.45, 7) is 4.80. The Morgan fingerprint density at radius 3 is 1.81 bits per heavy atom. The van der Waals surface area contributed by atoms with Crippen molar-refractivity contribution in [2.75, 3.05) is 0 Å². The minimum Gasteiger partial charge on any atom is -0.455 e. The van der Waals surface area contributed by atoms with Crippen molar-refractivity contribution < 1.29 is 4.42 Å². The second-order valence-electron chi connectivity index (χ2n) is 18.0. The van der Waals surface area contributed by atoms with Gasteiger partial charge in [0.05, 0.1) is 11.0 Å². The third-order valence-corrected chi connectivity index (χ3v) is 14.0. The van der Waals surface area contributed by atoms with Crippen LogP contribution in [0.1, 0.15) is 54.0 Å². The Kier molecular flexibility index (Phi) is 8.83. The minimum absolute atomic E-state index is 0.0988. The van der Waals surface area contributed by atoms with Crippen LogP contribution in [0.3, 0.4) is 0 Å². The summed E-state index contributed by atoms with van der Waals surface area (Å²) >= 11 is 0. The van der Waals surface area contributed by atoms with Gasteiger partial charge in [0.25, 0.3) is 0 Å². The zero-order valence-electron chi connectivity index (χ0n) is 35.7. The lowest BCUT2D eigenvalue weighted by atomic mass is 9.80. The molecule has 2 nitrogen and oxygen atoms in total. The summed E-state index contributed by atoms with van der Waals surface area (Å²) in [5, 5.41) is 4.89. The van der Waals surface area contributed by atoms with Crippen LogP contribution < -0.4 is 0 Å². The first-order chi connectivity index (χ1) is 31.0. The summed E-state index contributed by atoms with van der Waals surface area (Å²) in [4.78, 5) is 0. The maximum atomic E-state index is 6.46. The summed E-state index contributed by atoms with van der Waals surface area (Å²) in [7, 11) is 0. The third kappa shape index (κ3) is 6.31. The first-order valence-corrected chi connectivity index (χ1v) is 22.4. The van der Waals surface area contributed by atoms with Gasteiger partial charge in [0.15, 0.2) is 0 Å². The number of rotatable bonds is 9. The molecule has 1 aliphatic rings. The highest BCUT2D eigenvalue weighted by atomic mass is 16.3. The Morgan fingerprint density at radius 1 is 0.460 bits per heavy atom. The Morgan fingerprint density at radius 2 is 1.06 bits per heavy atom. The van der Waals surface area contributed by atoms with Gasteiger partial charge in [-0.25, -0.2) is 0 Å². The van der Waals surface area contributed by atoms with Crippen molar-refractivity contribution in [3.8, 4) is 39.1 Å². The summed E-state index contributed by atoms with van der Waals surface area (Å²) in [5.74, 6) is 0.327. The van der Waals surface area contributed by atoms with Gasteiger partial charge in [0.2, 0.25) is 0 Å². The van der Waals surface area contributed by atoms with E-state index in [2.05, 4.69) is 219 Å². The molecule has 63 heavy (non-hydrogen) atoms. The molecule has 1 aliphatic carbocycles. The summed E-state index contributed by atoms with van der Waals surface area (Å²) in [6, 6.07) is 76.1. The van der Waals surface area contributed by atoms with Crippen molar-refractivity contribution in [3.05, 3.63) is 234 Å². The van der Waals surface area contributed by atoms with Crippen molar-refractivity contribution in [1.82, 2.24) is 4.57 Å². The average Bonchev–Trinajstić information content (AvgIpc) is 3.96. The predicted molar refractivity (Wildman–Crippen MR) is 264 cm³/mol. The molecule has 0 fully saturated rings. The number of para-hydroxylation sites is 4. The third-order valence-electron chi connectivity index (χ3n) is 14.0. The van der Waals surface area contributed by atoms with Crippen LogP contribution in [0.15, 0.2) is 211 Å². The van der Waals surface area contributed by atoms with Crippen LogP contribution in [0.25, 0.3) is 82.8 Å². The molecule has 11 aromatic rings. The van der Waals surface area contributed by atoms with Gasteiger partial charge in [-0.1, -0.05) is 184 Å². The van der Waals surface area contributed by atoms with Gasteiger partial charge in [0, 0.05) is 38.2 Å². The second-order valence-corrected chi connectivity index (χ2v) is 18.0. The number of fused-ring (bicyclic) bond motifs is 9. The molecule has 0 spiro atoms. The Labute approximate surface area is 368 Å². The van der Waals surface area contributed by atoms with Gasteiger partial charge < -0.3 is 8.98 Å². The van der Waals surface area contributed by atoms with Crippen LogP contribution in [0.2, 0.25) is 0 Å². The topological polar surface area (TPSA) is 18.1 Å². The smallest absolute Gasteiger partial charge is 0.143 e. The zero-order chi connectivity index (χ0) is 42.1. The number of furan rings is 1. The Balaban J connectivity index is 0.872. The molecule has 2 heteroatoms. The molecule has 0 radical (unpaired) electrons. The first kappa shape index (κ1) is 37.4. The molecule has 12 rings (SSSR count). The van der Waals surface area contributed by atoms with E-state index < -0.39 is 0 Å². The Hall–Kier alpha value is -7.42. The zero-order valence-corrected chi connectivity index (χ0v) is 35.7. The second kappa shape index (κ2) is 14.9. The van der Waals surface area contributed by atoms with E-state index in [9.17, 15) is 0 Å². The molecule has 0 bridgehead atoms. The van der Waals surface area contributed by atoms with Gasteiger partial charge >= 0.3 is 0 Å². The highest BCUT2D eigenvalue weighted by Crippen LogP contribution is 2.50. The Bertz CT molecular complexity index is 3440. The van der Waals surface area contributed by atoms with E-state index in [1.807, 2.05) is 6.07 Å². The van der Waals surface area contributed by atoms with Gasteiger partial charge in [-0.3, -0.25) is 0 Å². The molecule has 0 saturated heterocycles. The number of aryl methyl sites for hydroxylation is 1. The van der Waals surface area contributed by atoms with E-state index in [0.29, 0.717) is 5.92 Å². The molecular formula is C61H47NO. The fourth-order valence-electron chi connectivity index (χ4n) is 10.7. The van der Waals surface area contributed by atoms with Crippen molar-refractivity contribution in [2.45, 2.75) is 44.4 Å². The van der Waals surface area contributed by atoms with Gasteiger partial charge in [-0.05, 0) is 117 Å². The van der Waals surface area contributed by atoms with Gasteiger partial charge in [0.1, 0.15) is 11.2 Å². The highest BCUT2D eigenvalue weighted by Gasteiger charge is 2.36. The van der Waals surface area contributed by atoms with Crippen molar-refractivity contribution in [3.63, 3.8) is 0 Å². The normalized spacial score (nSPS) is 13.5. The van der Waals surface area contributed by atoms with Crippen molar-refractivity contribution in [1.29, 1.82) is 0 Å². The molecule has 302 valence electrons. The van der Waals surface area contributed by atoms with Crippen LogP contribution in [-0.2, 0) is 18.3 Å². The lowest BCUT2D eigenvalue weighted by Gasteiger charge is -2.24. The van der Waals surface area contributed by atoms with Crippen LogP contribution in [0, 0.1) is 0 Å². The molecule has 1 unspecified atom stereocenters. The van der Waals surface area contributed by atoms with E-state index in [0.717, 1.165) is 46.8 Å². The first-order valence-electron chi connectivity index (χ1n) is 22.4. The van der Waals surface area contributed by atoms with E-state index in [1.165, 1.54) is 83.1 Å². The maximum Gasteiger partial charge on any atom is 0.143 e. The molecule has 0 amide bonds. The summed E-state index contributed by atoms with van der Waals surface area (Å²) in [5.41, 5.74) is 20.0. The standard InChI is InChI=1S/C61H47NO/c1-61(2)55-38-41(26-35-49(55)50-36-32-46(39-56(50)61)42-13-4-3-5-14-42)37-45(43-28-30-44(31-29-43)48-18-12-19-54-53-17-8-11-22-59(53)63-60(48)54)27-23-40-24-33-47(34-25-40)62-57-20-9-6-15-51(57)52-16-7-10-21-58(52)62/h3-22,24-26,28-36,38-39,45H,23,27,37H2,1-2H3. The predicted octanol–water partition coefficient (Wildman–Crippen LogP) is 16.3. The van der Waals surface area contributed by atoms with Gasteiger partial charge in [-0.2, -0.15) is 0 Å². The van der Waals surface area contributed by atoms with Crippen molar-refractivity contribution >= 4 is 43.7 Å². The molecule has 1 atom stereocenters. The van der Waals surface area contributed by atoms with E-state index in [4.69, 9.17) is 4.42 Å². The number of hydrogen-bond donors (Lipinski definition) is 0. The molecule has 9 aromatic carbocycles. The van der Waals surface area contributed by atoms with E-state index in [1.54, 1.807) is 0 Å². The number of benzene rings is 9. The van der Waals surface area contributed by atoms with E-state index >= 15 is 0 Å². The SMILES string of the molecule is CC1(C)c2cc(CC(CCc3ccc(-n4c5ccccc5c5ccccc54)cc3)c3ccc(-c4cccc5c4oc4ccccc45)cc3)ccc2-c2ccc(-c3ccccc3)cc21. The lowest BCUT2D eigenvalue weighted by molar-refractivity contribution is 0.617. The highest BCUT2D eigenvalue weighted by molar-refractivity contribution is 6.10. The molecular weight excluding hydrogens is 763 g/mol. The van der Waals surface area contributed by atoms with Crippen LogP contribution in [0.5, 0.6) is 0 Å². The quantitative estimate of drug-likeness (QED) is 0.142. The molecule has 2 heterocycles. The molecule has 0 aliphatic heterocycles. The molecule has 2 aromatic heterocycles. The minimum atomic E-state index is -0.0988. The van der Waals surface area contributed by atoms with Crippen molar-refractivity contribution in [2.24, 2.45) is 0 Å². The maximum absolute atomic E-state index is 6.46. The molecule has 0 N–H and O–H groups in total. The summed E-state index contributed by atoms with van der Waals surface area (Å²) in [6.07, 6.45) is 2.99. The monoisotopic (exact) mass is 809 g/mol. The number of aromatic nitrogens is 1. The number of hydrogen-bond acceptors (Lipinski definition) is 1. The van der Waals surface area contributed by atoms with Crippen LogP contribution in [-0.4, -0.2) is 4.57 Å². The number of nitrogens with zero attached hydrogens (tertiary/aromatic N) is 1.